The van der Waals surface area contributed by atoms with E-state index >= 15 is 0 Å². The fourth-order valence-electron chi connectivity index (χ4n) is 3.23. The van der Waals surface area contributed by atoms with Gasteiger partial charge in [-0.3, -0.25) is 4.79 Å². The lowest BCUT2D eigenvalue weighted by molar-refractivity contribution is -0.139. The average Bonchev–Trinajstić information content (AvgIpc) is 2.46. The monoisotopic (exact) mass is 285 g/mol. The molecule has 0 aromatic heterocycles. The largest absolute Gasteiger partial charge is 0.375 e. The normalized spacial score (nSPS) is 25.5. The van der Waals surface area contributed by atoms with Gasteiger partial charge in [0.1, 0.15) is 0 Å². The number of carbonyl (C=O) groups is 1. The molecule has 1 aliphatic carbocycles. The van der Waals surface area contributed by atoms with Gasteiger partial charge in [-0.05, 0) is 18.6 Å². The van der Waals surface area contributed by atoms with Crippen LogP contribution in [0.5, 0.6) is 0 Å². The first kappa shape index (κ1) is 15.2. The van der Waals surface area contributed by atoms with Crippen molar-refractivity contribution in [1.29, 1.82) is 0 Å². The molecule has 1 atom stereocenters. The summed E-state index contributed by atoms with van der Waals surface area (Å²) in [4.78, 5) is 14.1. The van der Waals surface area contributed by atoms with Crippen LogP contribution >= 0.6 is 11.8 Å². The van der Waals surface area contributed by atoms with Crippen LogP contribution in [0.15, 0.2) is 0 Å². The molecule has 0 aromatic rings. The van der Waals surface area contributed by atoms with E-state index in [2.05, 4.69) is 6.26 Å². The van der Waals surface area contributed by atoms with Crippen molar-refractivity contribution in [3.63, 3.8) is 0 Å². The third-order valence-corrected chi connectivity index (χ3v) is 4.94. The molecular weight excluding hydrogens is 258 g/mol. The minimum atomic E-state index is 0.287. The van der Waals surface area contributed by atoms with Crippen LogP contribution in [0.2, 0.25) is 0 Å². The van der Waals surface area contributed by atoms with Gasteiger partial charge in [-0.1, -0.05) is 32.1 Å². The Labute approximate surface area is 121 Å². The third kappa shape index (κ3) is 4.99. The lowest BCUT2D eigenvalue weighted by atomic mass is 9.85. The Hall–Kier alpha value is -0.220. The number of carbonyl (C=O) groups excluding carboxylic acids is 1. The highest BCUT2D eigenvalue weighted by Gasteiger charge is 2.26. The number of rotatable bonds is 5. The summed E-state index contributed by atoms with van der Waals surface area (Å²) in [5.41, 5.74) is 0. The maximum atomic E-state index is 12.1. The predicted molar refractivity (Wildman–Crippen MR) is 80.5 cm³/mol. The quantitative estimate of drug-likeness (QED) is 0.778. The summed E-state index contributed by atoms with van der Waals surface area (Å²) in [6.07, 6.45) is 11.1. The van der Waals surface area contributed by atoms with Gasteiger partial charge < -0.3 is 9.64 Å². The summed E-state index contributed by atoms with van der Waals surface area (Å²) >= 11 is 1.74. The van der Waals surface area contributed by atoms with Crippen LogP contribution in [0.25, 0.3) is 0 Å². The molecule has 1 saturated carbocycles. The van der Waals surface area contributed by atoms with Gasteiger partial charge in [-0.15, -0.1) is 0 Å². The SMILES string of the molecule is CSCCC(=O)N1CCOC(CC2CCCCC2)C1. The molecule has 0 spiro atoms. The molecule has 0 aromatic carbocycles. The van der Waals surface area contributed by atoms with Crippen molar-refractivity contribution < 1.29 is 9.53 Å². The summed E-state index contributed by atoms with van der Waals surface area (Å²) in [5, 5.41) is 0. The van der Waals surface area contributed by atoms with E-state index in [1.807, 2.05) is 4.90 Å². The van der Waals surface area contributed by atoms with Crippen LogP contribution in [-0.4, -0.2) is 48.6 Å². The Bertz CT molecular complexity index is 279. The first-order chi connectivity index (χ1) is 9.29. The third-order valence-electron chi connectivity index (χ3n) is 4.33. The van der Waals surface area contributed by atoms with Crippen molar-refractivity contribution in [2.45, 2.75) is 51.0 Å². The maximum absolute atomic E-state index is 12.1. The maximum Gasteiger partial charge on any atom is 0.223 e. The van der Waals surface area contributed by atoms with Gasteiger partial charge in [0.15, 0.2) is 0 Å². The molecule has 2 aliphatic rings. The highest BCUT2D eigenvalue weighted by atomic mass is 32.2. The lowest BCUT2D eigenvalue weighted by Gasteiger charge is -2.35. The highest BCUT2D eigenvalue weighted by Crippen LogP contribution is 2.29. The summed E-state index contributed by atoms with van der Waals surface area (Å²) in [6.45, 7) is 2.33. The Morgan fingerprint density at radius 3 is 2.84 bits per heavy atom. The van der Waals surface area contributed by atoms with Crippen molar-refractivity contribution in [1.82, 2.24) is 4.90 Å². The second-order valence-corrected chi connectivity index (χ2v) is 6.80. The zero-order valence-electron chi connectivity index (χ0n) is 12.1. The lowest BCUT2D eigenvalue weighted by Crippen LogP contribution is -2.46. The molecule has 110 valence electrons. The molecule has 1 amide bonds. The Balaban J connectivity index is 1.74. The van der Waals surface area contributed by atoms with Crippen molar-refractivity contribution in [2.24, 2.45) is 5.92 Å². The number of nitrogens with zero attached hydrogens (tertiary/aromatic N) is 1. The smallest absolute Gasteiger partial charge is 0.223 e. The van der Waals surface area contributed by atoms with E-state index in [1.54, 1.807) is 11.8 Å². The van der Waals surface area contributed by atoms with Gasteiger partial charge in [0.05, 0.1) is 12.7 Å². The molecule has 1 saturated heterocycles. The van der Waals surface area contributed by atoms with E-state index < -0.39 is 0 Å². The fraction of sp³-hybridized carbons (Fsp3) is 0.933. The fourth-order valence-corrected chi connectivity index (χ4v) is 3.61. The van der Waals surface area contributed by atoms with Crippen LogP contribution < -0.4 is 0 Å². The molecule has 0 radical (unpaired) electrons. The van der Waals surface area contributed by atoms with E-state index in [0.717, 1.165) is 37.8 Å². The van der Waals surface area contributed by atoms with Gasteiger partial charge in [0.25, 0.3) is 0 Å². The van der Waals surface area contributed by atoms with Crippen molar-refractivity contribution >= 4 is 17.7 Å². The molecule has 1 heterocycles. The average molecular weight is 285 g/mol. The topological polar surface area (TPSA) is 29.5 Å². The molecule has 1 aliphatic heterocycles. The molecule has 2 rings (SSSR count). The summed E-state index contributed by atoms with van der Waals surface area (Å²) in [5.74, 6) is 2.08. The van der Waals surface area contributed by atoms with Crippen molar-refractivity contribution in [2.75, 3.05) is 31.7 Å². The number of hydrogen-bond acceptors (Lipinski definition) is 3. The van der Waals surface area contributed by atoms with Gasteiger partial charge in [-0.2, -0.15) is 11.8 Å². The van der Waals surface area contributed by atoms with E-state index in [0.29, 0.717) is 12.3 Å². The van der Waals surface area contributed by atoms with Crippen LogP contribution in [0, 0.1) is 5.92 Å². The minimum Gasteiger partial charge on any atom is -0.375 e. The second-order valence-electron chi connectivity index (χ2n) is 5.82. The predicted octanol–water partition coefficient (Wildman–Crippen LogP) is 2.94. The highest BCUT2D eigenvalue weighted by molar-refractivity contribution is 7.98. The number of thioether (sulfide) groups is 1. The Morgan fingerprint density at radius 1 is 1.32 bits per heavy atom. The molecular formula is C15H27NO2S. The summed E-state index contributed by atoms with van der Waals surface area (Å²) < 4.78 is 5.87. The molecule has 0 N–H and O–H groups in total. The van der Waals surface area contributed by atoms with E-state index in [4.69, 9.17) is 4.74 Å². The summed E-state index contributed by atoms with van der Waals surface area (Å²) in [7, 11) is 0. The number of ether oxygens (including phenoxy) is 1. The zero-order valence-corrected chi connectivity index (χ0v) is 12.9. The number of hydrogen-bond donors (Lipinski definition) is 0. The molecule has 2 fully saturated rings. The number of amides is 1. The Kier molecular flexibility index (Phi) is 6.51. The summed E-state index contributed by atoms with van der Waals surface area (Å²) in [6, 6.07) is 0. The van der Waals surface area contributed by atoms with E-state index in [-0.39, 0.29) is 6.10 Å². The van der Waals surface area contributed by atoms with E-state index in [9.17, 15) is 4.79 Å². The first-order valence-electron chi connectivity index (χ1n) is 7.68. The van der Waals surface area contributed by atoms with Gasteiger partial charge in [0, 0.05) is 25.3 Å². The van der Waals surface area contributed by atoms with E-state index in [1.165, 1.54) is 32.1 Å². The molecule has 0 bridgehead atoms. The molecule has 19 heavy (non-hydrogen) atoms. The standard InChI is InChI=1S/C15H27NO2S/c1-19-10-7-15(17)16-8-9-18-14(12-16)11-13-5-3-2-4-6-13/h13-14H,2-12H2,1H3. The molecule has 3 nitrogen and oxygen atoms in total. The molecule has 4 heteroatoms. The first-order valence-corrected chi connectivity index (χ1v) is 9.07. The van der Waals surface area contributed by atoms with Crippen molar-refractivity contribution in [3.05, 3.63) is 0 Å². The minimum absolute atomic E-state index is 0.287. The van der Waals surface area contributed by atoms with Crippen LogP contribution in [0.3, 0.4) is 0 Å². The molecule has 1 unspecified atom stereocenters. The van der Waals surface area contributed by atoms with Crippen LogP contribution in [0.4, 0.5) is 0 Å². The van der Waals surface area contributed by atoms with Crippen LogP contribution in [-0.2, 0) is 9.53 Å². The van der Waals surface area contributed by atoms with Gasteiger partial charge in [0.2, 0.25) is 5.91 Å². The second kappa shape index (κ2) is 8.15. The number of morpholine rings is 1. The van der Waals surface area contributed by atoms with Gasteiger partial charge in [-0.25, -0.2) is 0 Å². The van der Waals surface area contributed by atoms with Crippen molar-refractivity contribution in [3.8, 4) is 0 Å². The Morgan fingerprint density at radius 2 is 2.11 bits per heavy atom. The van der Waals surface area contributed by atoms with Gasteiger partial charge >= 0.3 is 0 Å². The zero-order chi connectivity index (χ0) is 13.5. The van der Waals surface area contributed by atoms with Crippen LogP contribution in [0.1, 0.15) is 44.9 Å².